The molecule has 1 unspecified atom stereocenters. The molecular formula is C15H15N3O. The van der Waals surface area contributed by atoms with Gasteiger partial charge in [0.2, 0.25) is 0 Å². The van der Waals surface area contributed by atoms with E-state index in [2.05, 4.69) is 10.1 Å². The summed E-state index contributed by atoms with van der Waals surface area (Å²) in [7, 11) is 0. The van der Waals surface area contributed by atoms with Crippen molar-refractivity contribution in [1.29, 1.82) is 0 Å². The maximum absolute atomic E-state index is 10.4. The van der Waals surface area contributed by atoms with E-state index in [9.17, 15) is 5.11 Å². The third kappa shape index (κ3) is 2.22. The van der Waals surface area contributed by atoms with E-state index in [1.807, 2.05) is 43.5 Å². The lowest BCUT2D eigenvalue weighted by molar-refractivity contribution is 0.220. The summed E-state index contributed by atoms with van der Waals surface area (Å²) < 4.78 is 1.80. The molecule has 1 N–H and O–H groups in total. The molecule has 0 aliphatic heterocycles. The van der Waals surface area contributed by atoms with Gasteiger partial charge >= 0.3 is 0 Å². The van der Waals surface area contributed by atoms with Crippen LogP contribution in [-0.2, 0) is 6.54 Å². The van der Waals surface area contributed by atoms with Gasteiger partial charge in [0.05, 0.1) is 11.7 Å². The number of hydrogen-bond acceptors (Lipinski definition) is 3. The Hall–Kier alpha value is -2.20. The molecule has 1 atom stereocenters. The zero-order valence-electron chi connectivity index (χ0n) is 10.7. The monoisotopic (exact) mass is 253 g/mol. The number of aromatic nitrogens is 3. The minimum Gasteiger partial charge on any atom is -0.383 e. The van der Waals surface area contributed by atoms with Gasteiger partial charge in [0.15, 0.2) is 0 Å². The number of para-hydroxylation sites is 1. The summed E-state index contributed by atoms with van der Waals surface area (Å²) >= 11 is 0. The van der Waals surface area contributed by atoms with Gasteiger partial charge in [-0.15, -0.1) is 0 Å². The number of aliphatic hydroxyl groups is 1. The second-order valence-corrected chi connectivity index (χ2v) is 4.49. The van der Waals surface area contributed by atoms with Gasteiger partial charge in [-0.2, -0.15) is 5.10 Å². The van der Waals surface area contributed by atoms with Gasteiger partial charge in [-0.1, -0.05) is 18.2 Å². The first kappa shape index (κ1) is 11.9. The van der Waals surface area contributed by atoms with Gasteiger partial charge in [-0.3, -0.25) is 9.67 Å². The summed E-state index contributed by atoms with van der Waals surface area (Å²) in [5.74, 6) is 0. The zero-order chi connectivity index (χ0) is 13.2. The molecule has 0 spiro atoms. The molecule has 3 rings (SSSR count). The average Bonchev–Trinajstić information content (AvgIpc) is 2.95. The van der Waals surface area contributed by atoms with E-state index in [0.29, 0.717) is 0 Å². The number of fused-ring (bicyclic) bond motifs is 1. The topological polar surface area (TPSA) is 50.9 Å². The standard InChI is InChI=1S/C15H15N3O/c1-2-18-10-13(9-17-18)15(19)12-7-11-5-3-4-6-14(11)16-8-12/h3-10,15,19H,2H2,1H3. The van der Waals surface area contributed by atoms with Crippen molar-refractivity contribution in [3.63, 3.8) is 0 Å². The number of aliphatic hydroxyl groups excluding tert-OH is 1. The van der Waals surface area contributed by atoms with Crippen molar-refractivity contribution in [3.8, 4) is 0 Å². The first-order valence-electron chi connectivity index (χ1n) is 6.33. The molecule has 4 nitrogen and oxygen atoms in total. The number of hydrogen-bond donors (Lipinski definition) is 1. The normalized spacial score (nSPS) is 12.7. The Morgan fingerprint density at radius 3 is 2.84 bits per heavy atom. The molecule has 0 aliphatic rings. The lowest BCUT2D eigenvalue weighted by atomic mass is 10.0. The summed E-state index contributed by atoms with van der Waals surface area (Å²) in [6.07, 6.45) is 4.59. The van der Waals surface area contributed by atoms with Crippen LogP contribution in [-0.4, -0.2) is 19.9 Å². The third-order valence-corrected chi connectivity index (χ3v) is 3.22. The Morgan fingerprint density at radius 1 is 1.21 bits per heavy atom. The smallest absolute Gasteiger partial charge is 0.109 e. The van der Waals surface area contributed by atoms with Crippen molar-refractivity contribution in [3.05, 3.63) is 60.0 Å². The molecule has 2 aromatic heterocycles. The molecule has 0 bridgehead atoms. The van der Waals surface area contributed by atoms with Crippen molar-refractivity contribution in [1.82, 2.24) is 14.8 Å². The van der Waals surface area contributed by atoms with E-state index in [1.54, 1.807) is 17.1 Å². The van der Waals surface area contributed by atoms with Crippen molar-refractivity contribution >= 4 is 10.9 Å². The molecule has 0 aliphatic carbocycles. The van der Waals surface area contributed by atoms with Gasteiger partial charge in [-0.25, -0.2) is 0 Å². The van der Waals surface area contributed by atoms with Crippen LogP contribution in [0.4, 0.5) is 0 Å². The van der Waals surface area contributed by atoms with E-state index >= 15 is 0 Å². The molecule has 4 heteroatoms. The van der Waals surface area contributed by atoms with Crippen LogP contribution < -0.4 is 0 Å². The maximum atomic E-state index is 10.4. The van der Waals surface area contributed by atoms with E-state index < -0.39 is 6.10 Å². The highest BCUT2D eigenvalue weighted by Crippen LogP contribution is 2.23. The molecule has 0 saturated heterocycles. The fraction of sp³-hybridized carbons (Fsp3) is 0.200. The van der Waals surface area contributed by atoms with E-state index in [0.717, 1.165) is 28.6 Å². The Balaban J connectivity index is 1.98. The summed E-state index contributed by atoms with van der Waals surface area (Å²) in [4.78, 5) is 4.37. The van der Waals surface area contributed by atoms with Gasteiger partial charge in [0, 0.05) is 35.5 Å². The first-order valence-corrected chi connectivity index (χ1v) is 6.33. The second-order valence-electron chi connectivity index (χ2n) is 4.49. The van der Waals surface area contributed by atoms with Crippen LogP contribution in [0.2, 0.25) is 0 Å². The second kappa shape index (κ2) is 4.82. The molecule has 0 amide bonds. The number of nitrogens with zero attached hydrogens (tertiary/aromatic N) is 3. The highest BCUT2D eigenvalue weighted by molar-refractivity contribution is 5.78. The van der Waals surface area contributed by atoms with Gasteiger partial charge in [0.1, 0.15) is 6.10 Å². The van der Waals surface area contributed by atoms with Crippen LogP contribution in [0.25, 0.3) is 10.9 Å². The average molecular weight is 253 g/mol. The minimum absolute atomic E-state index is 0.683. The quantitative estimate of drug-likeness (QED) is 0.780. The predicted octanol–water partition coefficient (Wildman–Crippen LogP) is 2.53. The number of rotatable bonds is 3. The van der Waals surface area contributed by atoms with Gasteiger partial charge in [-0.05, 0) is 19.1 Å². The Kier molecular flexibility index (Phi) is 3.01. The fourth-order valence-electron chi connectivity index (χ4n) is 2.12. The Bertz CT molecular complexity index is 705. The highest BCUT2D eigenvalue weighted by atomic mass is 16.3. The van der Waals surface area contributed by atoms with Crippen molar-refractivity contribution < 1.29 is 5.11 Å². The molecule has 1 aromatic carbocycles. The molecule has 0 fully saturated rings. The van der Waals surface area contributed by atoms with Crippen LogP contribution in [0.15, 0.2) is 48.9 Å². The van der Waals surface area contributed by atoms with Crippen LogP contribution >= 0.6 is 0 Å². The Morgan fingerprint density at radius 2 is 2.05 bits per heavy atom. The molecule has 3 aromatic rings. The molecular weight excluding hydrogens is 238 g/mol. The lowest BCUT2D eigenvalue weighted by Gasteiger charge is -2.09. The van der Waals surface area contributed by atoms with E-state index in [-0.39, 0.29) is 0 Å². The highest BCUT2D eigenvalue weighted by Gasteiger charge is 2.13. The molecule has 96 valence electrons. The molecule has 19 heavy (non-hydrogen) atoms. The van der Waals surface area contributed by atoms with Crippen molar-refractivity contribution in [2.24, 2.45) is 0 Å². The van der Waals surface area contributed by atoms with Crippen LogP contribution in [0.5, 0.6) is 0 Å². The van der Waals surface area contributed by atoms with Crippen molar-refractivity contribution in [2.75, 3.05) is 0 Å². The molecule has 0 radical (unpaired) electrons. The van der Waals surface area contributed by atoms with E-state index in [4.69, 9.17) is 0 Å². The molecule has 0 saturated carbocycles. The third-order valence-electron chi connectivity index (χ3n) is 3.22. The molecule has 2 heterocycles. The fourth-order valence-corrected chi connectivity index (χ4v) is 2.12. The Labute approximate surface area is 111 Å². The summed E-state index contributed by atoms with van der Waals surface area (Å²) in [5.41, 5.74) is 2.51. The summed E-state index contributed by atoms with van der Waals surface area (Å²) in [6.45, 7) is 2.81. The van der Waals surface area contributed by atoms with E-state index in [1.165, 1.54) is 0 Å². The lowest BCUT2D eigenvalue weighted by Crippen LogP contribution is -1.99. The SMILES string of the molecule is CCn1cc(C(O)c2cnc3ccccc3c2)cn1. The van der Waals surface area contributed by atoms with Crippen LogP contribution in [0, 0.1) is 0 Å². The van der Waals surface area contributed by atoms with Gasteiger partial charge in [0.25, 0.3) is 0 Å². The number of benzene rings is 1. The zero-order valence-corrected chi connectivity index (χ0v) is 10.7. The minimum atomic E-state index is -0.683. The predicted molar refractivity (Wildman–Crippen MR) is 73.7 cm³/mol. The van der Waals surface area contributed by atoms with Gasteiger partial charge < -0.3 is 5.11 Å². The maximum Gasteiger partial charge on any atom is 0.109 e. The van der Waals surface area contributed by atoms with Crippen molar-refractivity contribution in [2.45, 2.75) is 19.6 Å². The summed E-state index contributed by atoms with van der Waals surface area (Å²) in [5, 5.41) is 15.6. The first-order chi connectivity index (χ1) is 9.28. The number of aryl methyl sites for hydroxylation is 1. The van der Waals surface area contributed by atoms with Crippen LogP contribution in [0.3, 0.4) is 0 Å². The summed E-state index contributed by atoms with van der Waals surface area (Å²) in [6, 6.07) is 9.84. The number of pyridine rings is 1. The largest absolute Gasteiger partial charge is 0.383 e. The van der Waals surface area contributed by atoms with Crippen LogP contribution in [0.1, 0.15) is 24.2 Å².